The van der Waals surface area contributed by atoms with Gasteiger partial charge in [0.15, 0.2) is 0 Å². The second kappa shape index (κ2) is 1.61. The number of carboxylic acids is 2. The van der Waals surface area contributed by atoms with Gasteiger partial charge in [-0.05, 0) is 31.1 Å². The Bertz CT molecular complexity index is 293. The first kappa shape index (κ1) is 7.35. The summed E-state index contributed by atoms with van der Waals surface area (Å²) in [4.78, 5) is 21.9. The largest absolute Gasteiger partial charge is 0.481 e. The topological polar surface area (TPSA) is 74.6 Å². The maximum atomic E-state index is 11.0. The maximum absolute atomic E-state index is 11.0. The number of carboxylic acid groups (broad SMARTS) is 2. The van der Waals surface area contributed by atoms with Crippen molar-refractivity contribution in [3.63, 3.8) is 0 Å². The lowest BCUT2D eigenvalue weighted by molar-refractivity contribution is -0.286. The summed E-state index contributed by atoms with van der Waals surface area (Å²) in [5, 5.41) is 18.0. The standard InChI is InChI=1S/C9H10O4/c10-6(11)8-3-9(7(12)13)4(8)1-2-5(8)9/h4-5H,1-3H2,(H,10,11)(H,12,13). The molecule has 0 spiro atoms. The first-order valence-corrected chi connectivity index (χ1v) is 4.53. The van der Waals surface area contributed by atoms with E-state index in [9.17, 15) is 9.59 Å². The number of hydrogen-bond acceptors (Lipinski definition) is 2. The van der Waals surface area contributed by atoms with Crippen LogP contribution in [0.15, 0.2) is 0 Å². The summed E-state index contributed by atoms with van der Waals surface area (Å²) >= 11 is 0. The van der Waals surface area contributed by atoms with E-state index >= 15 is 0 Å². The average Bonchev–Trinajstić information content (AvgIpc) is 2.38. The van der Waals surface area contributed by atoms with Crippen LogP contribution in [-0.2, 0) is 9.59 Å². The van der Waals surface area contributed by atoms with E-state index in [0.29, 0.717) is 6.42 Å². The van der Waals surface area contributed by atoms with Crippen LogP contribution in [0, 0.1) is 22.7 Å². The quantitative estimate of drug-likeness (QED) is 0.654. The molecule has 4 nitrogen and oxygen atoms in total. The molecule has 0 amide bonds. The van der Waals surface area contributed by atoms with Gasteiger partial charge in [-0.15, -0.1) is 0 Å². The second-order valence-corrected chi connectivity index (χ2v) is 4.55. The Morgan fingerprint density at radius 2 is 1.38 bits per heavy atom. The predicted molar refractivity (Wildman–Crippen MR) is 41.0 cm³/mol. The fourth-order valence-corrected chi connectivity index (χ4v) is 4.13. The van der Waals surface area contributed by atoms with Crippen LogP contribution in [0.1, 0.15) is 19.3 Å². The van der Waals surface area contributed by atoms with Crippen molar-refractivity contribution in [2.45, 2.75) is 19.3 Å². The molecule has 0 saturated heterocycles. The van der Waals surface area contributed by atoms with Gasteiger partial charge in [0.2, 0.25) is 0 Å². The summed E-state index contributed by atoms with van der Waals surface area (Å²) in [5.41, 5.74) is -1.25. The van der Waals surface area contributed by atoms with Crippen LogP contribution < -0.4 is 0 Å². The summed E-state index contributed by atoms with van der Waals surface area (Å²) in [6, 6.07) is 0. The number of aliphatic carboxylic acids is 2. The SMILES string of the molecule is O=C(O)C12CC3(C(=O)O)C1CCC23. The van der Waals surface area contributed by atoms with Gasteiger partial charge in [0, 0.05) is 0 Å². The summed E-state index contributed by atoms with van der Waals surface area (Å²) in [6.07, 6.45) is 1.96. The highest BCUT2D eigenvalue weighted by molar-refractivity contribution is 5.92. The molecule has 0 aromatic heterocycles. The molecule has 2 N–H and O–H groups in total. The van der Waals surface area contributed by atoms with Gasteiger partial charge >= 0.3 is 11.9 Å². The molecule has 5 rings (SSSR count). The molecule has 5 aliphatic carbocycles. The zero-order valence-corrected chi connectivity index (χ0v) is 6.99. The molecule has 0 aromatic carbocycles. The Labute approximate surface area is 74.6 Å². The lowest BCUT2D eigenvalue weighted by Gasteiger charge is -2.72. The van der Waals surface area contributed by atoms with Crippen LogP contribution in [-0.4, -0.2) is 22.2 Å². The highest BCUT2D eigenvalue weighted by atomic mass is 16.4. The molecule has 5 aliphatic rings. The molecular weight excluding hydrogens is 172 g/mol. The van der Waals surface area contributed by atoms with Gasteiger partial charge in [0.05, 0.1) is 10.8 Å². The fourth-order valence-electron chi connectivity index (χ4n) is 4.13. The van der Waals surface area contributed by atoms with Crippen LogP contribution in [0.4, 0.5) is 0 Å². The fraction of sp³-hybridized carbons (Fsp3) is 0.778. The predicted octanol–water partition coefficient (Wildman–Crippen LogP) is 0.572. The smallest absolute Gasteiger partial charge is 0.310 e. The Balaban J connectivity index is 2.01. The molecular formula is C9H10O4. The minimum absolute atomic E-state index is 0.0694. The molecule has 0 atom stereocenters. The molecule has 5 saturated carbocycles. The van der Waals surface area contributed by atoms with E-state index in [2.05, 4.69) is 0 Å². The molecule has 0 heterocycles. The van der Waals surface area contributed by atoms with E-state index < -0.39 is 22.8 Å². The number of rotatable bonds is 2. The van der Waals surface area contributed by atoms with Gasteiger partial charge in [0.25, 0.3) is 0 Å². The van der Waals surface area contributed by atoms with E-state index in [0.717, 1.165) is 12.8 Å². The van der Waals surface area contributed by atoms with Crippen LogP contribution >= 0.6 is 0 Å². The van der Waals surface area contributed by atoms with Crippen molar-refractivity contribution < 1.29 is 19.8 Å². The molecule has 5 fully saturated rings. The van der Waals surface area contributed by atoms with E-state index in [-0.39, 0.29) is 11.8 Å². The Kier molecular flexibility index (Phi) is 0.909. The van der Waals surface area contributed by atoms with E-state index in [4.69, 9.17) is 10.2 Å². The minimum Gasteiger partial charge on any atom is -0.481 e. The third-order valence-corrected chi connectivity index (χ3v) is 4.61. The van der Waals surface area contributed by atoms with E-state index in [1.807, 2.05) is 0 Å². The van der Waals surface area contributed by atoms with Gasteiger partial charge in [-0.3, -0.25) is 9.59 Å². The Morgan fingerprint density at radius 1 is 1.00 bits per heavy atom. The van der Waals surface area contributed by atoms with Crippen molar-refractivity contribution in [3.05, 3.63) is 0 Å². The zero-order valence-electron chi connectivity index (χ0n) is 6.99. The van der Waals surface area contributed by atoms with Crippen molar-refractivity contribution in [2.75, 3.05) is 0 Å². The Morgan fingerprint density at radius 3 is 1.69 bits per heavy atom. The molecule has 4 heteroatoms. The molecule has 4 bridgehead atoms. The van der Waals surface area contributed by atoms with Crippen molar-refractivity contribution in [2.24, 2.45) is 22.7 Å². The molecule has 0 aromatic rings. The second-order valence-electron chi connectivity index (χ2n) is 4.55. The lowest BCUT2D eigenvalue weighted by atomic mass is 9.27. The van der Waals surface area contributed by atoms with E-state index in [1.54, 1.807) is 0 Å². The number of carbonyl (C=O) groups is 2. The van der Waals surface area contributed by atoms with Gasteiger partial charge in [-0.25, -0.2) is 0 Å². The molecule has 13 heavy (non-hydrogen) atoms. The van der Waals surface area contributed by atoms with Crippen LogP contribution in [0.3, 0.4) is 0 Å². The highest BCUT2D eigenvalue weighted by Gasteiger charge is 2.91. The Hall–Kier alpha value is -1.06. The highest BCUT2D eigenvalue weighted by Crippen LogP contribution is 2.87. The summed E-state index contributed by atoms with van der Waals surface area (Å²) in [7, 11) is 0. The van der Waals surface area contributed by atoms with Gasteiger partial charge in [0.1, 0.15) is 0 Å². The van der Waals surface area contributed by atoms with Crippen LogP contribution in [0.25, 0.3) is 0 Å². The lowest BCUT2D eigenvalue weighted by Crippen LogP contribution is -2.78. The number of fused-ring (bicyclic) bond motifs is 1. The average molecular weight is 182 g/mol. The van der Waals surface area contributed by atoms with Gasteiger partial charge < -0.3 is 10.2 Å². The van der Waals surface area contributed by atoms with Crippen molar-refractivity contribution in [3.8, 4) is 0 Å². The molecule has 0 aliphatic heterocycles. The van der Waals surface area contributed by atoms with Crippen molar-refractivity contribution >= 4 is 11.9 Å². The molecule has 0 radical (unpaired) electrons. The molecule has 70 valence electrons. The normalized spacial score (nSPS) is 55.1. The summed E-state index contributed by atoms with van der Waals surface area (Å²) in [5.74, 6) is -1.69. The first-order valence-electron chi connectivity index (χ1n) is 4.53. The third-order valence-electron chi connectivity index (χ3n) is 4.61. The van der Waals surface area contributed by atoms with Gasteiger partial charge in [-0.1, -0.05) is 0 Å². The minimum atomic E-state index is -0.775. The van der Waals surface area contributed by atoms with Crippen LogP contribution in [0.5, 0.6) is 0 Å². The molecule has 0 unspecified atom stereocenters. The maximum Gasteiger partial charge on any atom is 0.310 e. The monoisotopic (exact) mass is 182 g/mol. The zero-order chi connectivity index (χ0) is 9.43. The first-order chi connectivity index (χ1) is 6.07. The summed E-state index contributed by atoms with van der Waals surface area (Å²) in [6.45, 7) is 0. The number of hydrogen-bond donors (Lipinski definition) is 2. The van der Waals surface area contributed by atoms with Crippen molar-refractivity contribution in [1.29, 1.82) is 0 Å². The van der Waals surface area contributed by atoms with Gasteiger partial charge in [-0.2, -0.15) is 0 Å². The summed E-state index contributed by atoms with van der Waals surface area (Å²) < 4.78 is 0. The van der Waals surface area contributed by atoms with Crippen LogP contribution in [0.2, 0.25) is 0 Å². The third kappa shape index (κ3) is 0.414. The van der Waals surface area contributed by atoms with Crippen molar-refractivity contribution in [1.82, 2.24) is 0 Å². The van der Waals surface area contributed by atoms with E-state index in [1.165, 1.54) is 0 Å².